The first-order chi connectivity index (χ1) is 8.27. The number of rotatable bonds is 4. The Labute approximate surface area is 101 Å². The molecule has 6 nitrogen and oxygen atoms in total. The quantitative estimate of drug-likeness (QED) is 0.512. The number of hydrogen-bond acceptors (Lipinski definition) is 6. The summed E-state index contributed by atoms with van der Waals surface area (Å²) < 4.78 is 0. The maximum Gasteiger partial charge on any atom is 0.313 e. The van der Waals surface area contributed by atoms with Crippen molar-refractivity contribution in [2.45, 2.75) is 0 Å². The van der Waals surface area contributed by atoms with E-state index < -0.39 is 4.92 Å². The minimum atomic E-state index is -0.505. The van der Waals surface area contributed by atoms with Crippen LogP contribution in [0.25, 0.3) is 0 Å². The predicted molar refractivity (Wildman–Crippen MR) is 66.4 cm³/mol. The third kappa shape index (κ3) is 2.85. The van der Waals surface area contributed by atoms with Crippen LogP contribution in [0.5, 0.6) is 0 Å². The van der Waals surface area contributed by atoms with E-state index in [4.69, 9.17) is 0 Å². The standard InChI is InChI=1S/C10H8N4O2S/c15-14(16)9-2-1-4-11-10(9)13-12-6-8-3-5-17-7-8/h1-7H,(H,11,13)/b12-6-. The van der Waals surface area contributed by atoms with Crippen molar-refractivity contribution in [2.24, 2.45) is 5.10 Å². The van der Waals surface area contributed by atoms with E-state index in [1.807, 2.05) is 16.8 Å². The summed E-state index contributed by atoms with van der Waals surface area (Å²) in [5.41, 5.74) is 3.38. The minimum Gasteiger partial charge on any atom is -0.258 e. The van der Waals surface area contributed by atoms with Crippen LogP contribution in [0.2, 0.25) is 0 Å². The number of nitrogens with zero attached hydrogens (tertiary/aromatic N) is 3. The van der Waals surface area contributed by atoms with E-state index in [2.05, 4.69) is 15.5 Å². The maximum absolute atomic E-state index is 10.7. The smallest absolute Gasteiger partial charge is 0.258 e. The van der Waals surface area contributed by atoms with Gasteiger partial charge in [-0.25, -0.2) is 4.98 Å². The molecule has 0 aliphatic heterocycles. The highest BCUT2D eigenvalue weighted by molar-refractivity contribution is 7.08. The molecule has 2 rings (SSSR count). The van der Waals surface area contributed by atoms with Crippen LogP contribution in [0.3, 0.4) is 0 Å². The zero-order valence-electron chi connectivity index (χ0n) is 8.61. The summed E-state index contributed by atoms with van der Waals surface area (Å²) in [6.45, 7) is 0. The van der Waals surface area contributed by atoms with Gasteiger partial charge in [0.2, 0.25) is 5.82 Å². The highest BCUT2D eigenvalue weighted by Crippen LogP contribution is 2.19. The maximum atomic E-state index is 10.7. The third-order valence-corrected chi connectivity index (χ3v) is 2.61. The van der Waals surface area contributed by atoms with Crippen LogP contribution in [-0.2, 0) is 0 Å². The predicted octanol–water partition coefficient (Wildman–Crippen LogP) is 2.50. The SMILES string of the molecule is O=[N+]([O-])c1cccnc1N/N=C\c1ccsc1. The highest BCUT2D eigenvalue weighted by Gasteiger charge is 2.12. The Balaban J connectivity index is 2.11. The number of aromatic nitrogens is 1. The fourth-order valence-electron chi connectivity index (χ4n) is 1.15. The lowest BCUT2D eigenvalue weighted by atomic mass is 10.4. The minimum absolute atomic E-state index is 0.102. The molecule has 0 radical (unpaired) electrons. The van der Waals surface area contributed by atoms with Gasteiger partial charge in [-0.15, -0.1) is 0 Å². The molecule has 0 spiro atoms. The average molecular weight is 248 g/mol. The first kappa shape index (κ1) is 11.2. The Bertz CT molecular complexity index is 539. The van der Waals surface area contributed by atoms with Gasteiger partial charge in [-0.1, -0.05) is 0 Å². The average Bonchev–Trinajstić information content (AvgIpc) is 2.82. The van der Waals surface area contributed by atoms with Crippen LogP contribution in [0.1, 0.15) is 5.56 Å². The highest BCUT2D eigenvalue weighted by atomic mass is 32.1. The molecular weight excluding hydrogens is 240 g/mol. The van der Waals surface area contributed by atoms with Crippen molar-refractivity contribution in [3.8, 4) is 0 Å². The lowest BCUT2D eigenvalue weighted by molar-refractivity contribution is -0.384. The lowest BCUT2D eigenvalue weighted by Crippen LogP contribution is -1.98. The third-order valence-electron chi connectivity index (χ3n) is 1.91. The molecule has 0 saturated carbocycles. The van der Waals surface area contributed by atoms with Crippen molar-refractivity contribution >= 4 is 29.1 Å². The molecule has 0 aliphatic rings. The Morgan fingerprint density at radius 3 is 3.12 bits per heavy atom. The van der Waals surface area contributed by atoms with Gasteiger partial charge in [-0.3, -0.25) is 15.5 Å². The van der Waals surface area contributed by atoms with E-state index in [1.165, 1.54) is 18.3 Å². The van der Waals surface area contributed by atoms with Gasteiger partial charge >= 0.3 is 5.69 Å². The molecule has 0 unspecified atom stereocenters. The van der Waals surface area contributed by atoms with Gasteiger partial charge in [-0.2, -0.15) is 16.4 Å². The van der Waals surface area contributed by atoms with Crippen molar-refractivity contribution in [1.82, 2.24) is 4.98 Å². The van der Waals surface area contributed by atoms with Gasteiger partial charge in [0.25, 0.3) is 0 Å². The summed E-state index contributed by atoms with van der Waals surface area (Å²) in [6.07, 6.45) is 3.05. The second-order valence-corrected chi connectivity index (χ2v) is 3.83. The van der Waals surface area contributed by atoms with E-state index >= 15 is 0 Å². The largest absolute Gasteiger partial charge is 0.313 e. The molecule has 1 N–H and O–H groups in total. The van der Waals surface area contributed by atoms with E-state index in [0.717, 1.165) is 5.56 Å². The van der Waals surface area contributed by atoms with Gasteiger partial charge in [0.15, 0.2) is 0 Å². The van der Waals surface area contributed by atoms with Crippen LogP contribution in [-0.4, -0.2) is 16.1 Å². The molecule has 2 heterocycles. The molecule has 2 aromatic heterocycles. The number of nitrogens with one attached hydrogen (secondary N) is 1. The summed E-state index contributed by atoms with van der Waals surface area (Å²) in [5.74, 6) is 0.129. The molecule has 0 bridgehead atoms. The Morgan fingerprint density at radius 2 is 2.41 bits per heavy atom. The van der Waals surface area contributed by atoms with Crippen molar-refractivity contribution in [1.29, 1.82) is 0 Å². The zero-order chi connectivity index (χ0) is 12.1. The molecule has 0 atom stereocenters. The monoisotopic (exact) mass is 248 g/mol. The fraction of sp³-hybridized carbons (Fsp3) is 0. The van der Waals surface area contributed by atoms with Crippen molar-refractivity contribution in [2.75, 3.05) is 5.43 Å². The molecule has 7 heteroatoms. The number of nitro groups is 1. The Hall–Kier alpha value is -2.28. The second kappa shape index (κ2) is 5.17. The molecule has 17 heavy (non-hydrogen) atoms. The zero-order valence-corrected chi connectivity index (χ0v) is 9.42. The molecule has 86 valence electrons. The van der Waals surface area contributed by atoms with Crippen LogP contribution in [0.15, 0.2) is 40.3 Å². The summed E-state index contributed by atoms with van der Waals surface area (Å²) in [5, 5.41) is 18.4. The van der Waals surface area contributed by atoms with E-state index in [0.29, 0.717) is 0 Å². The summed E-state index contributed by atoms with van der Waals surface area (Å²) >= 11 is 1.55. The lowest BCUT2D eigenvalue weighted by Gasteiger charge is -1.99. The van der Waals surface area contributed by atoms with Crippen LogP contribution in [0.4, 0.5) is 11.5 Å². The topological polar surface area (TPSA) is 80.4 Å². The van der Waals surface area contributed by atoms with Crippen molar-refractivity contribution in [3.63, 3.8) is 0 Å². The summed E-state index contributed by atoms with van der Waals surface area (Å²) in [4.78, 5) is 14.0. The number of pyridine rings is 1. The van der Waals surface area contributed by atoms with Gasteiger partial charge in [-0.05, 0) is 22.9 Å². The van der Waals surface area contributed by atoms with Crippen LogP contribution < -0.4 is 5.43 Å². The van der Waals surface area contributed by atoms with Crippen LogP contribution in [0, 0.1) is 10.1 Å². The van der Waals surface area contributed by atoms with E-state index in [9.17, 15) is 10.1 Å². The number of hydrogen-bond donors (Lipinski definition) is 1. The first-order valence-electron chi connectivity index (χ1n) is 4.68. The molecule has 0 saturated heterocycles. The number of hydrazone groups is 1. The molecule has 2 aromatic rings. The van der Waals surface area contributed by atoms with Crippen LogP contribution >= 0.6 is 11.3 Å². The second-order valence-electron chi connectivity index (χ2n) is 3.05. The van der Waals surface area contributed by atoms with Gasteiger partial charge in [0.1, 0.15) is 0 Å². The molecule has 0 aromatic carbocycles. The van der Waals surface area contributed by atoms with Gasteiger partial charge in [0, 0.05) is 17.8 Å². The molecule has 0 fully saturated rings. The van der Waals surface area contributed by atoms with Crippen molar-refractivity contribution < 1.29 is 4.92 Å². The number of thiophene rings is 1. The Kier molecular flexibility index (Phi) is 3.41. The first-order valence-corrected chi connectivity index (χ1v) is 5.62. The summed E-state index contributed by atoms with van der Waals surface area (Å²) in [7, 11) is 0. The normalized spacial score (nSPS) is 10.6. The number of anilines is 1. The van der Waals surface area contributed by atoms with Crippen molar-refractivity contribution in [3.05, 3.63) is 50.8 Å². The van der Waals surface area contributed by atoms with Gasteiger partial charge in [0.05, 0.1) is 11.1 Å². The summed E-state index contributed by atoms with van der Waals surface area (Å²) in [6, 6.07) is 4.77. The van der Waals surface area contributed by atoms with E-state index in [-0.39, 0.29) is 11.5 Å². The van der Waals surface area contributed by atoms with E-state index in [1.54, 1.807) is 17.6 Å². The molecule has 0 amide bonds. The molecule has 0 aliphatic carbocycles. The fourth-order valence-corrected chi connectivity index (χ4v) is 1.76. The molecular formula is C10H8N4O2S. The van der Waals surface area contributed by atoms with Gasteiger partial charge < -0.3 is 0 Å². The Morgan fingerprint density at radius 1 is 1.53 bits per heavy atom.